The Hall–Kier alpha value is -2.31. The smallest absolute Gasteiger partial charge is 0.213 e. The minimum absolute atomic E-state index is 0.167. The summed E-state index contributed by atoms with van der Waals surface area (Å²) in [6, 6.07) is 18.9. The number of pyridine rings is 1. The van der Waals surface area contributed by atoms with E-state index in [2.05, 4.69) is 74.1 Å². The van der Waals surface area contributed by atoms with E-state index in [9.17, 15) is 4.79 Å². The lowest BCUT2D eigenvalue weighted by atomic mass is 10.1. The third-order valence-electron chi connectivity index (χ3n) is 5.74. The van der Waals surface area contributed by atoms with Crippen molar-refractivity contribution in [3.63, 3.8) is 0 Å². The van der Waals surface area contributed by atoms with Gasteiger partial charge < -0.3 is 9.64 Å². The third-order valence-corrected chi connectivity index (χ3v) is 7.20. The Bertz CT molecular complexity index is 1150. The summed E-state index contributed by atoms with van der Waals surface area (Å²) in [4.78, 5) is 13.5. The number of thioether (sulfide) groups is 1. The first kappa shape index (κ1) is 23.8. The number of aryl methyl sites for hydroxylation is 1. The molecule has 172 valence electrons. The number of hydrogen-bond donors (Lipinski definition) is 0. The summed E-state index contributed by atoms with van der Waals surface area (Å²) in [5.41, 5.74) is 3.47. The van der Waals surface area contributed by atoms with Crippen LogP contribution in [0.25, 0.3) is 17.0 Å². The molecule has 4 rings (SSSR count). The van der Waals surface area contributed by atoms with E-state index < -0.39 is 0 Å². The Morgan fingerprint density at radius 2 is 1.88 bits per heavy atom. The number of aromatic nitrogens is 1. The van der Waals surface area contributed by atoms with E-state index >= 15 is 0 Å². The number of carbonyl (C=O) groups excluding carboxylic acids is 1. The van der Waals surface area contributed by atoms with Crippen LogP contribution in [0.4, 0.5) is 5.69 Å². The van der Waals surface area contributed by atoms with Crippen LogP contribution in [-0.4, -0.2) is 22.7 Å². The van der Waals surface area contributed by atoms with Crippen LogP contribution in [0.1, 0.15) is 38.2 Å². The molecule has 2 heterocycles. The van der Waals surface area contributed by atoms with Crippen LogP contribution >= 0.6 is 27.7 Å². The Morgan fingerprint density at radius 3 is 2.73 bits per heavy atom. The molecule has 6 heteroatoms. The van der Waals surface area contributed by atoms with Crippen LogP contribution < -0.4 is 14.2 Å². The van der Waals surface area contributed by atoms with E-state index in [4.69, 9.17) is 4.74 Å². The van der Waals surface area contributed by atoms with Crippen molar-refractivity contribution in [3.8, 4) is 5.75 Å². The van der Waals surface area contributed by atoms with Crippen LogP contribution in [-0.2, 0) is 11.3 Å². The van der Waals surface area contributed by atoms with Gasteiger partial charge in [-0.2, -0.15) is 4.57 Å². The van der Waals surface area contributed by atoms with Crippen molar-refractivity contribution < 1.29 is 14.1 Å². The monoisotopic (exact) mass is 525 g/mol. The largest absolute Gasteiger partial charge is 0.439 e. The van der Waals surface area contributed by atoms with Gasteiger partial charge in [-0.1, -0.05) is 52.0 Å². The summed E-state index contributed by atoms with van der Waals surface area (Å²) in [6.07, 6.45) is 8.85. The molecule has 0 N–H and O–H groups in total. The third kappa shape index (κ3) is 5.98. The Kier molecular flexibility index (Phi) is 8.46. The number of ether oxygens (including phenoxy) is 1. The highest BCUT2D eigenvalue weighted by Crippen LogP contribution is 2.39. The molecule has 0 atom stereocenters. The van der Waals surface area contributed by atoms with Gasteiger partial charge in [0, 0.05) is 49.2 Å². The molecule has 0 bridgehead atoms. The lowest BCUT2D eigenvalue weighted by Crippen LogP contribution is -2.34. The van der Waals surface area contributed by atoms with Crippen LogP contribution in [0.15, 0.2) is 66.7 Å². The minimum atomic E-state index is 0.167. The molecule has 0 radical (unpaired) electrons. The quantitative estimate of drug-likeness (QED) is 0.170. The van der Waals surface area contributed by atoms with Gasteiger partial charge in [0.25, 0.3) is 0 Å². The molecular weight excluding hydrogens is 496 g/mol. The van der Waals surface area contributed by atoms with Crippen molar-refractivity contribution in [1.82, 2.24) is 0 Å². The number of hydrogen-bond acceptors (Lipinski definition) is 4. The molecule has 4 nitrogen and oxygen atoms in total. The minimum Gasteiger partial charge on any atom is -0.439 e. The molecule has 0 amide bonds. The molecule has 3 aromatic rings. The average Bonchev–Trinajstić information content (AvgIpc) is 3.17. The molecule has 0 saturated carbocycles. The first-order valence-electron chi connectivity index (χ1n) is 11.5. The summed E-state index contributed by atoms with van der Waals surface area (Å²) in [5, 5.41) is 2.46. The van der Waals surface area contributed by atoms with Gasteiger partial charge in [0.2, 0.25) is 11.4 Å². The second-order valence-corrected chi connectivity index (χ2v) is 10.2. The van der Waals surface area contributed by atoms with Crippen molar-refractivity contribution in [2.75, 3.05) is 22.5 Å². The Morgan fingerprint density at radius 1 is 1.06 bits per heavy atom. The highest BCUT2D eigenvalue weighted by Gasteiger charge is 2.26. The van der Waals surface area contributed by atoms with Gasteiger partial charge >= 0.3 is 0 Å². The summed E-state index contributed by atoms with van der Waals surface area (Å²) >= 11 is 4.91. The maximum Gasteiger partial charge on any atom is 0.213 e. The van der Waals surface area contributed by atoms with E-state index in [-0.39, 0.29) is 5.12 Å². The van der Waals surface area contributed by atoms with Crippen LogP contribution in [0, 0.1) is 0 Å². The zero-order valence-electron chi connectivity index (χ0n) is 19.0. The van der Waals surface area contributed by atoms with Crippen molar-refractivity contribution >= 4 is 55.5 Å². The topological polar surface area (TPSA) is 33.4 Å². The molecule has 2 aromatic carbocycles. The van der Waals surface area contributed by atoms with Crippen LogP contribution in [0.5, 0.6) is 5.75 Å². The number of anilines is 1. The fourth-order valence-electron chi connectivity index (χ4n) is 4.15. The maximum absolute atomic E-state index is 11.3. The van der Waals surface area contributed by atoms with E-state index in [1.165, 1.54) is 41.9 Å². The molecule has 1 aromatic heterocycles. The lowest BCUT2D eigenvalue weighted by molar-refractivity contribution is -0.671. The number of benzene rings is 2. The number of rotatable bonds is 10. The fourth-order valence-corrected chi connectivity index (χ4v) is 5.10. The predicted molar refractivity (Wildman–Crippen MR) is 142 cm³/mol. The standard InChI is InChI=1S/C27H30BrN2O2S/c1-21(31)33-19-9-17-30-25-12-5-6-13-26(25)32-27(30)20-22-14-18-29(16-8-2-7-15-28)24-11-4-3-10-23(22)24/h3-6,10-14,18,20H,2,7-9,15-17,19H2,1H3/q+1. The molecule has 0 spiro atoms. The van der Waals surface area contributed by atoms with Gasteiger partial charge in [0.1, 0.15) is 6.54 Å². The number of alkyl halides is 1. The van der Waals surface area contributed by atoms with Crippen molar-refractivity contribution in [1.29, 1.82) is 0 Å². The molecule has 0 saturated heterocycles. The molecular formula is C27H30BrN2O2S+. The predicted octanol–water partition coefficient (Wildman–Crippen LogP) is 6.56. The molecule has 0 aliphatic carbocycles. The van der Waals surface area contributed by atoms with E-state index in [0.29, 0.717) is 0 Å². The Labute approximate surface area is 208 Å². The first-order chi connectivity index (χ1) is 16.2. The van der Waals surface area contributed by atoms with E-state index in [1.54, 1.807) is 6.92 Å². The second kappa shape index (κ2) is 11.7. The SMILES string of the molecule is CC(=O)SCCCN1/C(=C/c2cc[n+](CCCCCBr)c3ccccc23)Oc2ccccc21. The zero-order chi connectivity index (χ0) is 23.0. The Balaban J connectivity index is 1.61. The van der Waals surface area contributed by atoms with Crippen molar-refractivity contribution in [2.45, 2.75) is 39.2 Å². The number of halogens is 1. The van der Waals surface area contributed by atoms with Gasteiger partial charge in [-0.05, 0) is 43.0 Å². The summed E-state index contributed by atoms with van der Waals surface area (Å²) in [5.74, 6) is 2.53. The van der Waals surface area contributed by atoms with Crippen molar-refractivity contribution in [2.24, 2.45) is 0 Å². The fraction of sp³-hybridized carbons (Fsp3) is 0.333. The van der Waals surface area contributed by atoms with Gasteiger partial charge in [0.05, 0.1) is 11.1 Å². The van der Waals surface area contributed by atoms with Crippen LogP contribution in [0.2, 0.25) is 0 Å². The van der Waals surface area contributed by atoms with Gasteiger partial charge in [-0.15, -0.1) is 0 Å². The molecule has 0 unspecified atom stereocenters. The number of carbonyl (C=O) groups is 1. The highest BCUT2D eigenvalue weighted by atomic mass is 79.9. The number of para-hydroxylation sites is 3. The summed E-state index contributed by atoms with van der Waals surface area (Å²) in [7, 11) is 0. The maximum atomic E-state index is 11.3. The highest BCUT2D eigenvalue weighted by molar-refractivity contribution is 9.09. The number of fused-ring (bicyclic) bond motifs is 2. The molecule has 1 aliphatic heterocycles. The van der Waals surface area contributed by atoms with Gasteiger partial charge in [-0.25, -0.2) is 0 Å². The second-order valence-electron chi connectivity index (χ2n) is 8.13. The van der Waals surface area contributed by atoms with E-state index in [1.807, 2.05) is 18.2 Å². The first-order valence-corrected chi connectivity index (χ1v) is 13.6. The van der Waals surface area contributed by atoms with Crippen LogP contribution in [0.3, 0.4) is 0 Å². The van der Waals surface area contributed by atoms with E-state index in [0.717, 1.165) is 53.5 Å². The van der Waals surface area contributed by atoms with Gasteiger partial charge in [0.15, 0.2) is 17.1 Å². The van der Waals surface area contributed by atoms with Crippen molar-refractivity contribution in [3.05, 3.63) is 72.2 Å². The van der Waals surface area contributed by atoms with Gasteiger partial charge in [-0.3, -0.25) is 4.79 Å². The molecule has 0 fully saturated rings. The summed E-state index contributed by atoms with van der Waals surface area (Å²) < 4.78 is 8.63. The summed E-state index contributed by atoms with van der Waals surface area (Å²) in [6.45, 7) is 3.45. The lowest BCUT2D eigenvalue weighted by Gasteiger charge is -2.18. The number of nitrogens with zero attached hydrogens (tertiary/aromatic N) is 2. The molecule has 33 heavy (non-hydrogen) atoms. The molecule has 1 aliphatic rings. The zero-order valence-corrected chi connectivity index (χ0v) is 21.4. The average molecular weight is 527 g/mol. The normalized spacial score (nSPS) is 14.0. The number of unbranched alkanes of at least 4 members (excludes halogenated alkanes) is 2.